The zero-order valence-electron chi connectivity index (χ0n) is 9.21. The quantitative estimate of drug-likeness (QED) is 0.757. The normalized spacial score (nSPS) is 11.5. The van der Waals surface area contributed by atoms with E-state index in [2.05, 4.69) is 46.6 Å². The molecule has 0 aliphatic carbocycles. The summed E-state index contributed by atoms with van der Waals surface area (Å²) >= 11 is 5.63. The number of nitrogens with one attached hydrogen (secondary N) is 2. The van der Waals surface area contributed by atoms with Gasteiger partial charge in [-0.2, -0.15) is 4.98 Å². The third kappa shape index (κ3) is 4.40. The first-order valence-corrected chi connectivity index (χ1v) is 5.29. The average Bonchev–Trinajstić information content (AvgIpc) is 2.15. The van der Waals surface area contributed by atoms with Crippen molar-refractivity contribution in [3.63, 3.8) is 0 Å². The van der Waals surface area contributed by atoms with Crippen LogP contribution in [0, 0.1) is 0 Å². The molecule has 0 unspecified atom stereocenters. The summed E-state index contributed by atoms with van der Waals surface area (Å²) in [7, 11) is 0. The summed E-state index contributed by atoms with van der Waals surface area (Å²) in [5, 5.41) is 0.183. The standard InChI is InChI=1S/C9H16ClN5/c1-4-5-9(2,3)15-14-8-12-6-11-7(10)13-8/h6,15H,4-5H2,1-3H3,(H,11,12,13,14). The number of rotatable bonds is 5. The predicted octanol–water partition coefficient (Wildman–Crippen LogP) is 2.02. The molecule has 0 bridgehead atoms. The second-order valence-corrected chi connectivity index (χ2v) is 4.30. The summed E-state index contributed by atoms with van der Waals surface area (Å²) in [5.41, 5.74) is 6.05. The highest BCUT2D eigenvalue weighted by molar-refractivity contribution is 6.28. The van der Waals surface area contributed by atoms with Crippen LogP contribution in [-0.4, -0.2) is 20.5 Å². The van der Waals surface area contributed by atoms with E-state index in [0.717, 1.165) is 12.8 Å². The summed E-state index contributed by atoms with van der Waals surface area (Å²) in [4.78, 5) is 11.5. The summed E-state index contributed by atoms with van der Waals surface area (Å²) in [5.74, 6) is 0.430. The largest absolute Gasteiger partial charge is 0.289 e. The second-order valence-electron chi connectivity index (χ2n) is 3.96. The molecule has 6 heteroatoms. The van der Waals surface area contributed by atoms with Crippen molar-refractivity contribution >= 4 is 17.5 Å². The number of anilines is 1. The molecule has 0 saturated heterocycles. The predicted molar refractivity (Wildman–Crippen MR) is 60.6 cm³/mol. The van der Waals surface area contributed by atoms with Crippen LogP contribution in [0.4, 0.5) is 5.95 Å². The number of hydrogen-bond donors (Lipinski definition) is 2. The Morgan fingerprint density at radius 2 is 2.13 bits per heavy atom. The van der Waals surface area contributed by atoms with E-state index in [-0.39, 0.29) is 10.8 Å². The fraction of sp³-hybridized carbons (Fsp3) is 0.667. The van der Waals surface area contributed by atoms with Crippen molar-refractivity contribution in [1.29, 1.82) is 0 Å². The van der Waals surface area contributed by atoms with Crippen molar-refractivity contribution in [2.75, 3.05) is 5.43 Å². The molecule has 2 N–H and O–H groups in total. The van der Waals surface area contributed by atoms with Crippen LogP contribution < -0.4 is 10.9 Å². The van der Waals surface area contributed by atoms with Gasteiger partial charge >= 0.3 is 0 Å². The number of hydrogen-bond acceptors (Lipinski definition) is 5. The lowest BCUT2D eigenvalue weighted by Crippen LogP contribution is -2.43. The van der Waals surface area contributed by atoms with E-state index in [9.17, 15) is 0 Å². The fourth-order valence-electron chi connectivity index (χ4n) is 1.25. The highest BCUT2D eigenvalue weighted by Gasteiger charge is 2.15. The van der Waals surface area contributed by atoms with Gasteiger partial charge in [-0.1, -0.05) is 13.3 Å². The zero-order chi connectivity index (χ0) is 11.3. The van der Waals surface area contributed by atoms with Gasteiger partial charge < -0.3 is 0 Å². The van der Waals surface area contributed by atoms with Gasteiger partial charge in [-0.05, 0) is 31.9 Å². The number of halogens is 1. The molecule has 15 heavy (non-hydrogen) atoms. The second kappa shape index (κ2) is 5.23. The lowest BCUT2D eigenvalue weighted by Gasteiger charge is -2.25. The van der Waals surface area contributed by atoms with E-state index < -0.39 is 0 Å². The minimum absolute atomic E-state index is 0.00610. The van der Waals surface area contributed by atoms with Gasteiger partial charge in [0.1, 0.15) is 6.33 Å². The van der Waals surface area contributed by atoms with E-state index in [0.29, 0.717) is 5.95 Å². The van der Waals surface area contributed by atoms with E-state index >= 15 is 0 Å². The third-order valence-corrected chi connectivity index (χ3v) is 2.11. The van der Waals surface area contributed by atoms with Crippen LogP contribution in [0.15, 0.2) is 6.33 Å². The molecule has 0 saturated carbocycles. The van der Waals surface area contributed by atoms with Crippen molar-refractivity contribution in [2.24, 2.45) is 0 Å². The minimum atomic E-state index is -0.00610. The number of hydrazine groups is 1. The van der Waals surface area contributed by atoms with Crippen molar-refractivity contribution in [3.05, 3.63) is 11.6 Å². The van der Waals surface area contributed by atoms with Crippen LogP contribution in [0.1, 0.15) is 33.6 Å². The molecule has 0 aliphatic rings. The molecular weight excluding hydrogens is 214 g/mol. The van der Waals surface area contributed by atoms with Gasteiger partial charge in [-0.25, -0.2) is 15.4 Å². The Labute approximate surface area is 94.7 Å². The molecule has 0 aliphatic heterocycles. The first-order valence-electron chi connectivity index (χ1n) is 4.91. The van der Waals surface area contributed by atoms with Gasteiger partial charge in [0.2, 0.25) is 11.2 Å². The van der Waals surface area contributed by atoms with E-state index in [1.54, 1.807) is 0 Å². The van der Waals surface area contributed by atoms with Crippen LogP contribution >= 0.6 is 11.6 Å². The van der Waals surface area contributed by atoms with Crippen LogP contribution in [0.5, 0.6) is 0 Å². The minimum Gasteiger partial charge on any atom is -0.289 e. The first-order chi connectivity index (χ1) is 7.03. The van der Waals surface area contributed by atoms with Gasteiger partial charge in [-0.15, -0.1) is 0 Å². The SMILES string of the molecule is CCCC(C)(C)NNc1ncnc(Cl)n1. The molecule has 1 aromatic heterocycles. The molecule has 0 fully saturated rings. The van der Waals surface area contributed by atoms with E-state index in [4.69, 9.17) is 11.6 Å². The molecule has 0 atom stereocenters. The smallest absolute Gasteiger partial charge is 0.241 e. The highest BCUT2D eigenvalue weighted by atomic mass is 35.5. The molecule has 0 amide bonds. The Morgan fingerprint density at radius 3 is 2.73 bits per heavy atom. The molecule has 84 valence electrons. The van der Waals surface area contributed by atoms with Gasteiger partial charge in [0.25, 0.3) is 0 Å². The summed E-state index contributed by atoms with van der Waals surface area (Å²) in [6, 6.07) is 0. The number of nitrogens with zero attached hydrogens (tertiary/aromatic N) is 3. The van der Waals surface area contributed by atoms with Crippen LogP contribution in [0.2, 0.25) is 5.28 Å². The first kappa shape index (κ1) is 12.1. The maximum Gasteiger partial charge on any atom is 0.241 e. The molecule has 0 aromatic carbocycles. The summed E-state index contributed by atoms with van der Waals surface area (Å²) in [6.45, 7) is 6.35. The van der Waals surface area contributed by atoms with E-state index in [1.165, 1.54) is 6.33 Å². The van der Waals surface area contributed by atoms with Crippen molar-refractivity contribution in [2.45, 2.75) is 39.2 Å². The van der Waals surface area contributed by atoms with Gasteiger partial charge in [0.05, 0.1) is 0 Å². The molecule has 1 rings (SSSR count). The van der Waals surface area contributed by atoms with Crippen LogP contribution in [0.25, 0.3) is 0 Å². The van der Waals surface area contributed by atoms with E-state index in [1.807, 2.05) is 0 Å². The van der Waals surface area contributed by atoms with Gasteiger partial charge in [-0.3, -0.25) is 5.43 Å². The Bertz CT molecular complexity index is 315. The Morgan fingerprint density at radius 1 is 1.40 bits per heavy atom. The van der Waals surface area contributed by atoms with Gasteiger partial charge in [0, 0.05) is 5.54 Å². The topological polar surface area (TPSA) is 62.7 Å². The molecule has 1 heterocycles. The average molecular weight is 230 g/mol. The lowest BCUT2D eigenvalue weighted by atomic mass is 10.0. The molecule has 1 aromatic rings. The molecule has 5 nitrogen and oxygen atoms in total. The van der Waals surface area contributed by atoms with Crippen molar-refractivity contribution < 1.29 is 0 Å². The Hall–Kier alpha value is -0.940. The molecule has 0 spiro atoms. The maximum atomic E-state index is 5.63. The van der Waals surface area contributed by atoms with Crippen LogP contribution in [-0.2, 0) is 0 Å². The van der Waals surface area contributed by atoms with Crippen molar-refractivity contribution in [3.8, 4) is 0 Å². The number of aromatic nitrogens is 3. The highest BCUT2D eigenvalue weighted by Crippen LogP contribution is 2.10. The van der Waals surface area contributed by atoms with Crippen LogP contribution in [0.3, 0.4) is 0 Å². The Balaban J connectivity index is 2.49. The molecule has 0 radical (unpaired) electrons. The summed E-state index contributed by atoms with van der Waals surface area (Å²) in [6.07, 6.45) is 3.53. The monoisotopic (exact) mass is 229 g/mol. The third-order valence-electron chi connectivity index (χ3n) is 1.93. The fourth-order valence-corrected chi connectivity index (χ4v) is 1.37. The Kier molecular flexibility index (Phi) is 4.23. The maximum absolute atomic E-state index is 5.63. The summed E-state index contributed by atoms with van der Waals surface area (Å²) < 4.78 is 0. The van der Waals surface area contributed by atoms with Gasteiger partial charge in [0.15, 0.2) is 0 Å². The lowest BCUT2D eigenvalue weighted by molar-refractivity contribution is 0.385. The zero-order valence-corrected chi connectivity index (χ0v) is 9.97. The molecular formula is C9H16ClN5. The van der Waals surface area contributed by atoms with Crippen molar-refractivity contribution in [1.82, 2.24) is 20.4 Å².